The van der Waals surface area contributed by atoms with Gasteiger partial charge in [0.1, 0.15) is 0 Å². The highest BCUT2D eigenvalue weighted by Crippen LogP contribution is 2.10. The van der Waals surface area contributed by atoms with Crippen molar-refractivity contribution < 1.29 is 0 Å². The van der Waals surface area contributed by atoms with Gasteiger partial charge in [0.25, 0.3) is 0 Å². The molecule has 1 heteroatoms. The molecule has 0 spiro atoms. The van der Waals surface area contributed by atoms with Gasteiger partial charge in [0.2, 0.25) is 0 Å². The van der Waals surface area contributed by atoms with Gasteiger partial charge in [-0.1, -0.05) is 24.1 Å². The third kappa shape index (κ3) is 2.93. The molecule has 68 valence electrons. The summed E-state index contributed by atoms with van der Waals surface area (Å²) in [5.74, 6) is 2.68. The van der Waals surface area contributed by atoms with Gasteiger partial charge in [0, 0.05) is 11.6 Å². The molecule has 1 aromatic carbocycles. The van der Waals surface area contributed by atoms with E-state index in [9.17, 15) is 0 Å². The maximum atomic E-state index is 5.68. The molecule has 0 heterocycles. The Morgan fingerprint density at radius 2 is 2.15 bits per heavy atom. The number of nitrogens with two attached hydrogens (primary N) is 1. The molecule has 1 rings (SSSR count). The van der Waals surface area contributed by atoms with Crippen molar-refractivity contribution in [1.29, 1.82) is 0 Å². The second-order valence-corrected chi connectivity index (χ2v) is 3.32. The maximum Gasteiger partial charge on any atom is 0.0274 e. The molecular weight excluding hydrogens is 158 g/mol. The molecule has 0 radical (unpaired) electrons. The Labute approximate surface area is 80.0 Å². The van der Waals surface area contributed by atoms with Crippen LogP contribution >= 0.6 is 0 Å². The summed E-state index contributed by atoms with van der Waals surface area (Å²) < 4.78 is 0. The van der Waals surface area contributed by atoms with Crippen LogP contribution in [0.2, 0.25) is 0 Å². The lowest BCUT2D eigenvalue weighted by atomic mass is 10.0. The summed E-state index contributed by atoms with van der Waals surface area (Å²) in [4.78, 5) is 0. The smallest absolute Gasteiger partial charge is 0.0274 e. The van der Waals surface area contributed by atoms with Crippen LogP contribution in [0, 0.1) is 12.3 Å². The van der Waals surface area contributed by atoms with Crippen molar-refractivity contribution in [2.75, 3.05) is 0 Å². The molecule has 1 atom stereocenters. The Hall–Kier alpha value is -1.26. The molecule has 2 N–H and O–H groups in total. The minimum absolute atomic E-state index is 0.242. The monoisotopic (exact) mass is 173 g/mol. The number of hydrogen-bond donors (Lipinski definition) is 1. The van der Waals surface area contributed by atoms with E-state index >= 15 is 0 Å². The Morgan fingerprint density at radius 3 is 2.77 bits per heavy atom. The quantitative estimate of drug-likeness (QED) is 0.695. The van der Waals surface area contributed by atoms with Crippen LogP contribution in [0.4, 0.5) is 0 Å². The molecule has 0 aliphatic carbocycles. The highest BCUT2D eigenvalue weighted by atomic mass is 14.6. The molecule has 0 fully saturated rings. The molecule has 1 nitrogen and oxygen atoms in total. The second kappa shape index (κ2) is 4.69. The molecule has 0 bridgehead atoms. The minimum atomic E-state index is 0.242. The third-order valence-electron chi connectivity index (χ3n) is 2.04. The molecule has 0 saturated carbocycles. The Bertz CT molecular complexity index is 307. The molecule has 1 aromatic rings. The topological polar surface area (TPSA) is 26.0 Å². The number of benzene rings is 1. The third-order valence-corrected chi connectivity index (χ3v) is 2.04. The van der Waals surface area contributed by atoms with Gasteiger partial charge in [0.05, 0.1) is 0 Å². The minimum Gasteiger partial charge on any atom is -0.328 e. The van der Waals surface area contributed by atoms with Gasteiger partial charge in [-0.05, 0) is 31.4 Å². The average molecular weight is 173 g/mol. The number of hydrogen-bond acceptors (Lipinski definition) is 1. The summed E-state index contributed by atoms with van der Waals surface area (Å²) in [6, 6.07) is 8.25. The first-order valence-electron chi connectivity index (χ1n) is 4.54. The SMILES string of the molecule is C#Cc1ccccc1CC[C@@H](C)N. The molecule has 0 saturated heterocycles. The first-order chi connectivity index (χ1) is 6.24. The van der Waals surface area contributed by atoms with E-state index in [1.165, 1.54) is 5.56 Å². The van der Waals surface area contributed by atoms with Crippen molar-refractivity contribution in [3.63, 3.8) is 0 Å². The fraction of sp³-hybridized carbons (Fsp3) is 0.333. The largest absolute Gasteiger partial charge is 0.328 e. The van der Waals surface area contributed by atoms with Gasteiger partial charge in [-0.2, -0.15) is 0 Å². The number of terminal acetylenes is 1. The van der Waals surface area contributed by atoms with Crippen LogP contribution in [0.1, 0.15) is 24.5 Å². The highest BCUT2D eigenvalue weighted by Gasteiger charge is 2.00. The van der Waals surface area contributed by atoms with E-state index in [2.05, 4.69) is 12.0 Å². The van der Waals surface area contributed by atoms with Crippen LogP contribution in [-0.2, 0) is 6.42 Å². The molecular formula is C12H15N. The highest BCUT2D eigenvalue weighted by molar-refractivity contribution is 5.39. The summed E-state index contributed by atoms with van der Waals surface area (Å²) in [5, 5.41) is 0. The van der Waals surface area contributed by atoms with E-state index in [1.54, 1.807) is 0 Å². The van der Waals surface area contributed by atoms with Crippen molar-refractivity contribution in [3.8, 4) is 12.3 Å². The summed E-state index contributed by atoms with van der Waals surface area (Å²) in [5.41, 5.74) is 7.89. The van der Waals surface area contributed by atoms with Crippen molar-refractivity contribution in [3.05, 3.63) is 35.4 Å². The van der Waals surface area contributed by atoms with E-state index in [0.29, 0.717) is 0 Å². The van der Waals surface area contributed by atoms with E-state index in [0.717, 1.165) is 18.4 Å². The zero-order chi connectivity index (χ0) is 9.68. The second-order valence-electron chi connectivity index (χ2n) is 3.32. The first-order valence-corrected chi connectivity index (χ1v) is 4.54. The van der Waals surface area contributed by atoms with Gasteiger partial charge in [0.15, 0.2) is 0 Å². The van der Waals surface area contributed by atoms with Crippen LogP contribution in [0.25, 0.3) is 0 Å². The van der Waals surface area contributed by atoms with Crippen LogP contribution in [-0.4, -0.2) is 6.04 Å². The lowest BCUT2D eigenvalue weighted by Gasteiger charge is -2.06. The van der Waals surface area contributed by atoms with Crippen molar-refractivity contribution in [2.45, 2.75) is 25.8 Å². The molecule has 0 amide bonds. The summed E-state index contributed by atoms with van der Waals surface area (Å²) >= 11 is 0. The normalized spacial score (nSPS) is 12.1. The molecule has 13 heavy (non-hydrogen) atoms. The van der Waals surface area contributed by atoms with Crippen LogP contribution in [0.15, 0.2) is 24.3 Å². The lowest BCUT2D eigenvalue weighted by molar-refractivity contribution is 0.665. The van der Waals surface area contributed by atoms with Gasteiger partial charge >= 0.3 is 0 Å². The Morgan fingerprint density at radius 1 is 1.46 bits per heavy atom. The summed E-state index contributed by atoms with van der Waals surface area (Å²) in [6.45, 7) is 2.01. The van der Waals surface area contributed by atoms with Crippen molar-refractivity contribution in [2.24, 2.45) is 5.73 Å². The molecule has 0 aliphatic heterocycles. The van der Waals surface area contributed by atoms with Gasteiger partial charge in [-0.3, -0.25) is 0 Å². The van der Waals surface area contributed by atoms with E-state index in [4.69, 9.17) is 12.2 Å². The zero-order valence-electron chi connectivity index (χ0n) is 7.96. The standard InChI is InChI=1S/C12H15N/c1-3-11-6-4-5-7-12(11)9-8-10(2)13/h1,4-7,10H,8-9,13H2,2H3/t10-/m1/s1. The maximum absolute atomic E-state index is 5.68. The Balaban J connectivity index is 2.71. The fourth-order valence-electron chi connectivity index (χ4n) is 1.26. The van der Waals surface area contributed by atoms with E-state index < -0.39 is 0 Å². The van der Waals surface area contributed by atoms with Crippen molar-refractivity contribution >= 4 is 0 Å². The van der Waals surface area contributed by atoms with E-state index in [-0.39, 0.29) is 6.04 Å². The first kappa shape index (κ1) is 9.83. The van der Waals surface area contributed by atoms with Crippen molar-refractivity contribution in [1.82, 2.24) is 0 Å². The number of rotatable bonds is 3. The Kier molecular flexibility index (Phi) is 3.54. The van der Waals surface area contributed by atoms with Gasteiger partial charge < -0.3 is 5.73 Å². The van der Waals surface area contributed by atoms with Gasteiger partial charge in [-0.25, -0.2) is 0 Å². The average Bonchev–Trinajstić information content (AvgIpc) is 2.15. The van der Waals surface area contributed by atoms with Crippen LogP contribution < -0.4 is 5.73 Å². The fourth-order valence-corrected chi connectivity index (χ4v) is 1.26. The van der Waals surface area contributed by atoms with E-state index in [1.807, 2.05) is 25.1 Å². The zero-order valence-corrected chi connectivity index (χ0v) is 7.96. The lowest BCUT2D eigenvalue weighted by Crippen LogP contribution is -2.15. The predicted molar refractivity (Wildman–Crippen MR) is 56.3 cm³/mol. The summed E-state index contributed by atoms with van der Waals surface area (Å²) in [7, 11) is 0. The molecule has 0 unspecified atom stereocenters. The predicted octanol–water partition coefficient (Wildman–Crippen LogP) is 1.95. The molecule has 0 aromatic heterocycles. The molecule has 0 aliphatic rings. The number of aryl methyl sites for hydroxylation is 1. The van der Waals surface area contributed by atoms with Crippen LogP contribution in [0.3, 0.4) is 0 Å². The van der Waals surface area contributed by atoms with Gasteiger partial charge in [-0.15, -0.1) is 6.42 Å². The summed E-state index contributed by atoms with van der Waals surface area (Å²) in [6.07, 6.45) is 7.33. The van der Waals surface area contributed by atoms with Crippen LogP contribution in [0.5, 0.6) is 0 Å².